The zero-order valence-corrected chi connectivity index (χ0v) is 14.7. The maximum atomic E-state index is 12.6. The second-order valence-corrected chi connectivity index (χ2v) is 7.79. The molecule has 0 spiro atoms. The van der Waals surface area contributed by atoms with Gasteiger partial charge in [0, 0.05) is 52.7 Å². The fourth-order valence-electron chi connectivity index (χ4n) is 2.79. The Labute approximate surface area is 140 Å². The molecule has 2 aromatic rings. The molecule has 130 valence electrons. The molecule has 1 fully saturated rings. The summed E-state index contributed by atoms with van der Waals surface area (Å²) in [5.74, 6) is -0.112. The lowest BCUT2D eigenvalue weighted by molar-refractivity contribution is 0.0697. The SMILES string of the molecule is Cc1nn(C)cc1C(=O)N1CCN(S(=O)(=O)c2cnn(C)c2)CC1. The number of aryl methyl sites for hydroxylation is 3. The minimum Gasteiger partial charge on any atom is -0.336 e. The highest BCUT2D eigenvalue weighted by Crippen LogP contribution is 2.18. The first kappa shape index (κ1) is 16.7. The summed E-state index contributed by atoms with van der Waals surface area (Å²) in [7, 11) is -0.125. The van der Waals surface area contributed by atoms with Gasteiger partial charge in [0.05, 0.1) is 17.5 Å². The molecule has 0 aromatic carbocycles. The highest BCUT2D eigenvalue weighted by atomic mass is 32.2. The Morgan fingerprint density at radius 3 is 2.25 bits per heavy atom. The predicted octanol–water partition coefficient (Wildman–Crippen LogP) is -0.391. The van der Waals surface area contributed by atoms with Gasteiger partial charge in [-0.05, 0) is 6.92 Å². The lowest BCUT2D eigenvalue weighted by Gasteiger charge is -2.33. The fourth-order valence-corrected chi connectivity index (χ4v) is 4.20. The number of nitrogens with zero attached hydrogens (tertiary/aromatic N) is 6. The molecule has 1 aliphatic heterocycles. The van der Waals surface area contributed by atoms with Crippen molar-refractivity contribution >= 4 is 15.9 Å². The van der Waals surface area contributed by atoms with Gasteiger partial charge in [0.1, 0.15) is 4.90 Å². The number of rotatable bonds is 3. The maximum absolute atomic E-state index is 12.6. The molecule has 0 radical (unpaired) electrons. The molecule has 9 nitrogen and oxygen atoms in total. The number of amides is 1. The molecule has 2 aromatic heterocycles. The standard InChI is InChI=1S/C14H20N6O3S/c1-11-13(10-18(3)16-11)14(21)19-4-6-20(7-5-19)24(22,23)12-8-15-17(2)9-12/h8-10H,4-7H2,1-3H3. The van der Waals surface area contributed by atoms with E-state index in [0.717, 1.165) is 0 Å². The average molecular weight is 352 g/mol. The maximum Gasteiger partial charge on any atom is 0.257 e. The average Bonchev–Trinajstić information content (AvgIpc) is 3.12. The van der Waals surface area contributed by atoms with Crippen LogP contribution in [0, 0.1) is 6.92 Å². The molecule has 0 bridgehead atoms. The smallest absolute Gasteiger partial charge is 0.257 e. The van der Waals surface area contributed by atoms with Crippen LogP contribution in [0.4, 0.5) is 0 Å². The van der Waals surface area contributed by atoms with Gasteiger partial charge >= 0.3 is 0 Å². The predicted molar refractivity (Wildman–Crippen MR) is 85.8 cm³/mol. The number of carbonyl (C=O) groups is 1. The summed E-state index contributed by atoms with van der Waals surface area (Å²) < 4.78 is 29.6. The Hall–Kier alpha value is -2.20. The molecule has 3 heterocycles. The number of carbonyl (C=O) groups excluding carboxylic acids is 1. The van der Waals surface area contributed by atoms with Crippen molar-refractivity contribution in [3.63, 3.8) is 0 Å². The molecular formula is C14H20N6O3S. The van der Waals surface area contributed by atoms with Crippen LogP contribution in [0.1, 0.15) is 16.1 Å². The van der Waals surface area contributed by atoms with Crippen molar-refractivity contribution in [3.8, 4) is 0 Å². The molecule has 0 saturated carbocycles. The molecule has 0 atom stereocenters. The number of sulfonamides is 1. The molecule has 0 N–H and O–H groups in total. The highest BCUT2D eigenvalue weighted by Gasteiger charge is 2.31. The first-order chi connectivity index (χ1) is 11.3. The van der Waals surface area contributed by atoms with Crippen LogP contribution in [-0.4, -0.2) is 69.3 Å². The monoisotopic (exact) mass is 352 g/mol. The summed E-state index contributed by atoms with van der Waals surface area (Å²) in [6.45, 7) is 3.03. The number of hydrogen-bond donors (Lipinski definition) is 0. The Balaban J connectivity index is 1.70. The van der Waals surface area contributed by atoms with Gasteiger partial charge in [-0.1, -0.05) is 0 Å². The van der Waals surface area contributed by atoms with E-state index < -0.39 is 10.0 Å². The first-order valence-corrected chi connectivity index (χ1v) is 9.01. The topological polar surface area (TPSA) is 93.3 Å². The second-order valence-electron chi connectivity index (χ2n) is 5.85. The van der Waals surface area contributed by atoms with Gasteiger partial charge in [-0.3, -0.25) is 14.2 Å². The zero-order valence-electron chi connectivity index (χ0n) is 13.9. The Kier molecular flexibility index (Phi) is 4.18. The van der Waals surface area contributed by atoms with Gasteiger partial charge in [-0.2, -0.15) is 14.5 Å². The van der Waals surface area contributed by atoms with Crippen molar-refractivity contribution in [1.29, 1.82) is 0 Å². The molecule has 1 amide bonds. The van der Waals surface area contributed by atoms with Crippen LogP contribution in [0.15, 0.2) is 23.5 Å². The van der Waals surface area contributed by atoms with E-state index in [9.17, 15) is 13.2 Å². The summed E-state index contributed by atoms with van der Waals surface area (Å²) in [5, 5.41) is 8.09. The van der Waals surface area contributed by atoms with E-state index in [4.69, 9.17) is 0 Å². The normalized spacial score (nSPS) is 16.5. The van der Waals surface area contributed by atoms with Crippen LogP contribution in [-0.2, 0) is 24.1 Å². The van der Waals surface area contributed by atoms with E-state index in [1.165, 1.54) is 21.4 Å². The lowest BCUT2D eigenvalue weighted by Crippen LogP contribution is -2.50. The van der Waals surface area contributed by atoms with Gasteiger partial charge < -0.3 is 4.90 Å². The molecular weight excluding hydrogens is 332 g/mol. The van der Waals surface area contributed by atoms with E-state index in [2.05, 4.69) is 10.2 Å². The van der Waals surface area contributed by atoms with Gasteiger partial charge in [0.2, 0.25) is 10.0 Å². The van der Waals surface area contributed by atoms with Crippen LogP contribution in [0.5, 0.6) is 0 Å². The fraction of sp³-hybridized carbons (Fsp3) is 0.500. The number of hydrogen-bond acceptors (Lipinski definition) is 5. The number of piperazine rings is 1. The van der Waals surface area contributed by atoms with Gasteiger partial charge in [-0.15, -0.1) is 0 Å². The van der Waals surface area contributed by atoms with E-state index in [0.29, 0.717) is 24.3 Å². The van der Waals surface area contributed by atoms with Gasteiger partial charge in [-0.25, -0.2) is 8.42 Å². The summed E-state index contributed by atoms with van der Waals surface area (Å²) in [6.07, 6.45) is 4.51. The minimum absolute atomic E-state index is 0.112. The molecule has 24 heavy (non-hydrogen) atoms. The van der Waals surface area contributed by atoms with Crippen LogP contribution < -0.4 is 0 Å². The van der Waals surface area contributed by atoms with Crippen LogP contribution >= 0.6 is 0 Å². The van der Waals surface area contributed by atoms with Gasteiger partial charge in [0.15, 0.2) is 0 Å². The Morgan fingerprint density at radius 2 is 1.75 bits per heavy atom. The van der Waals surface area contributed by atoms with E-state index >= 15 is 0 Å². The second kappa shape index (κ2) is 6.02. The molecule has 0 unspecified atom stereocenters. The molecule has 3 rings (SSSR count). The summed E-state index contributed by atoms with van der Waals surface area (Å²) in [6, 6.07) is 0. The third-order valence-corrected chi connectivity index (χ3v) is 5.94. The largest absolute Gasteiger partial charge is 0.336 e. The highest BCUT2D eigenvalue weighted by molar-refractivity contribution is 7.89. The minimum atomic E-state index is -3.56. The quantitative estimate of drug-likeness (QED) is 0.750. The number of aromatic nitrogens is 4. The third kappa shape index (κ3) is 2.94. The van der Waals surface area contributed by atoms with Gasteiger partial charge in [0.25, 0.3) is 5.91 Å². The zero-order chi connectivity index (χ0) is 17.5. The van der Waals surface area contributed by atoms with Crippen molar-refractivity contribution in [2.75, 3.05) is 26.2 Å². The van der Waals surface area contributed by atoms with E-state index in [1.807, 2.05) is 0 Å². The molecule has 1 saturated heterocycles. The van der Waals surface area contributed by atoms with E-state index in [-0.39, 0.29) is 23.9 Å². The summed E-state index contributed by atoms with van der Waals surface area (Å²) >= 11 is 0. The first-order valence-electron chi connectivity index (χ1n) is 7.57. The van der Waals surface area contributed by atoms with Crippen LogP contribution in [0.3, 0.4) is 0 Å². The lowest BCUT2D eigenvalue weighted by atomic mass is 10.2. The Morgan fingerprint density at radius 1 is 1.08 bits per heavy atom. The van der Waals surface area contributed by atoms with Crippen molar-refractivity contribution < 1.29 is 13.2 Å². The summed E-state index contributed by atoms with van der Waals surface area (Å²) in [4.78, 5) is 14.4. The molecule has 0 aliphatic carbocycles. The Bertz CT molecular complexity index is 861. The van der Waals surface area contributed by atoms with Crippen molar-refractivity contribution in [2.24, 2.45) is 14.1 Å². The van der Waals surface area contributed by atoms with Crippen molar-refractivity contribution in [3.05, 3.63) is 29.8 Å². The van der Waals surface area contributed by atoms with Crippen molar-refractivity contribution in [2.45, 2.75) is 11.8 Å². The van der Waals surface area contributed by atoms with Crippen LogP contribution in [0.25, 0.3) is 0 Å². The van der Waals surface area contributed by atoms with E-state index in [1.54, 1.807) is 36.8 Å². The molecule has 1 aliphatic rings. The van der Waals surface area contributed by atoms with Crippen LogP contribution in [0.2, 0.25) is 0 Å². The molecule has 10 heteroatoms. The van der Waals surface area contributed by atoms with Crippen molar-refractivity contribution in [1.82, 2.24) is 28.8 Å². The third-order valence-electron chi connectivity index (χ3n) is 4.09. The summed E-state index contributed by atoms with van der Waals surface area (Å²) in [5.41, 5.74) is 1.23.